The van der Waals surface area contributed by atoms with Crippen LogP contribution in [0.15, 0.2) is 0 Å². The van der Waals surface area contributed by atoms with Crippen molar-refractivity contribution in [3.8, 4) is 0 Å². The average Bonchev–Trinajstić information content (AvgIpc) is 1.67. The third-order valence-electron chi connectivity index (χ3n) is 0.689. The normalized spacial score (nSPS) is 10.9. The highest BCUT2D eigenvalue weighted by atomic mass is 79.9. The predicted octanol–water partition coefficient (Wildman–Crippen LogP) is 1.33. The summed E-state index contributed by atoms with van der Waals surface area (Å²) in [5.74, 6) is 0. The van der Waals surface area contributed by atoms with Gasteiger partial charge in [-0.05, 0) is 13.8 Å². The zero-order valence-corrected chi connectivity index (χ0v) is 6.56. The summed E-state index contributed by atoms with van der Waals surface area (Å²) < 4.78 is 4.65. The first-order valence-corrected chi connectivity index (χ1v) is 3.42. The smallest absolute Gasteiger partial charge is 0.293 e. The molecule has 0 N–H and O–H groups in total. The molecule has 0 amide bonds. The lowest BCUT2D eigenvalue weighted by molar-refractivity contribution is -0.138. The van der Waals surface area contributed by atoms with Crippen LogP contribution in [0.1, 0.15) is 13.8 Å². The number of alkyl halides is 1. The van der Waals surface area contributed by atoms with Gasteiger partial charge in [0.05, 0.1) is 0 Å². The molecule has 0 aliphatic rings. The molecule has 2 nitrogen and oxygen atoms in total. The van der Waals surface area contributed by atoms with Gasteiger partial charge in [0, 0.05) is 5.33 Å². The van der Waals surface area contributed by atoms with Crippen LogP contribution in [0.4, 0.5) is 0 Å². The minimum Gasteiger partial charge on any atom is -0.461 e. The van der Waals surface area contributed by atoms with E-state index < -0.39 is 0 Å². The van der Waals surface area contributed by atoms with E-state index in [1.54, 1.807) is 0 Å². The monoisotopic (exact) mass is 180 g/mol. The van der Waals surface area contributed by atoms with E-state index in [-0.39, 0.29) is 5.60 Å². The molecule has 0 spiro atoms. The zero-order chi connectivity index (χ0) is 6.62. The minimum atomic E-state index is -0.359. The van der Waals surface area contributed by atoms with Crippen LogP contribution in [0, 0.1) is 0 Å². The van der Waals surface area contributed by atoms with Gasteiger partial charge >= 0.3 is 0 Å². The van der Waals surface area contributed by atoms with E-state index >= 15 is 0 Å². The number of carbonyl (C=O) groups is 1. The summed E-state index contributed by atoms with van der Waals surface area (Å²) in [4.78, 5) is 9.74. The Bertz CT molecular complexity index is 80.5. The van der Waals surface area contributed by atoms with Crippen molar-refractivity contribution in [3.63, 3.8) is 0 Å². The molecule has 0 aromatic carbocycles. The van der Waals surface area contributed by atoms with E-state index in [1.165, 1.54) is 0 Å². The summed E-state index contributed by atoms with van der Waals surface area (Å²) in [6.45, 7) is 4.12. The molecule has 0 aliphatic carbocycles. The second kappa shape index (κ2) is 3.07. The van der Waals surface area contributed by atoms with Crippen LogP contribution in [0.5, 0.6) is 0 Å². The molecule has 0 unspecified atom stereocenters. The SMILES string of the molecule is CC(C)(CBr)OC=O. The maximum absolute atomic E-state index is 9.74. The zero-order valence-electron chi connectivity index (χ0n) is 4.98. The van der Waals surface area contributed by atoms with Crippen LogP contribution in [-0.4, -0.2) is 17.4 Å². The second-order valence-corrected chi connectivity index (χ2v) is 2.67. The molecule has 0 aromatic heterocycles. The fourth-order valence-electron chi connectivity index (χ4n) is 0.162. The third-order valence-corrected chi connectivity index (χ3v) is 2.04. The Balaban J connectivity index is 3.53. The van der Waals surface area contributed by atoms with Crippen molar-refractivity contribution in [1.82, 2.24) is 0 Å². The van der Waals surface area contributed by atoms with Gasteiger partial charge in [0.1, 0.15) is 5.60 Å². The Kier molecular flexibility index (Phi) is 3.05. The Morgan fingerprint density at radius 2 is 2.25 bits per heavy atom. The summed E-state index contributed by atoms with van der Waals surface area (Å²) >= 11 is 3.19. The molecule has 8 heavy (non-hydrogen) atoms. The molecule has 0 rings (SSSR count). The summed E-state index contributed by atoms with van der Waals surface area (Å²) in [6.07, 6.45) is 0. The Morgan fingerprint density at radius 3 is 2.38 bits per heavy atom. The van der Waals surface area contributed by atoms with Gasteiger partial charge in [-0.15, -0.1) is 0 Å². The molecular formula is C5H9BrO2. The van der Waals surface area contributed by atoms with Crippen molar-refractivity contribution in [1.29, 1.82) is 0 Å². The molecule has 0 bridgehead atoms. The van der Waals surface area contributed by atoms with Crippen molar-refractivity contribution < 1.29 is 9.53 Å². The number of carbonyl (C=O) groups excluding carboxylic acids is 1. The highest BCUT2D eigenvalue weighted by Gasteiger charge is 2.15. The second-order valence-electron chi connectivity index (χ2n) is 2.11. The van der Waals surface area contributed by atoms with Gasteiger partial charge in [0.15, 0.2) is 0 Å². The first-order valence-electron chi connectivity index (χ1n) is 2.30. The van der Waals surface area contributed by atoms with E-state index in [2.05, 4.69) is 20.7 Å². The van der Waals surface area contributed by atoms with Gasteiger partial charge < -0.3 is 4.74 Å². The predicted molar refractivity (Wildman–Crippen MR) is 35.0 cm³/mol. The molecule has 0 saturated heterocycles. The fraction of sp³-hybridized carbons (Fsp3) is 0.800. The van der Waals surface area contributed by atoms with Crippen molar-refractivity contribution >= 4 is 22.4 Å². The largest absolute Gasteiger partial charge is 0.461 e. The first kappa shape index (κ1) is 7.95. The molecule has 0 aromatic rings. The third kappa shape index (κ3) is 3.02. The maximum atomic E-state index is 9.74. The van der Waals surface area contributed by atoms with Crippen LogP contribution in [0.3, 0.4) is 0 Å². The summed E-state index contributed by atoms with van der Waals surface area (Å²) in [7, 11) is 0. The summed E-state index contributed by atoms with van der Waals surface area (Å²) in [6, 6.07) is 0. The van der Waals surface area contributed by atoms with Gasteiger partial charge in [-0.1, -0.05) is 15.9 Å². The maximum Gasteiger partial charge on any atom is 0.293 e. The minimum absolute atomic E-state index is 0.359. The Labute approximate surface area is 57.3 Å². The molecule has 0 aliphatic heterocycles. The van der Waals surface area contributed by atoms with Gasteiger partial charge in [0.2, 0.25) is 0 Å². The first-order chi connectivity index (χ1) is 3.62. The molecule has 3 heteroatoms. The van der Waals surface area contributed by atoms with Gasteiger partial charge in [0.25, 0.3) is 6.47 Å². The topological polar surface area (TPSA) is 26.3 Å². The van der Waals surface area contributed by atoms with E-state index in [1.807, 2.05) is 13.8 Å². The van der Waals surface area contributed by atoms with Crippen LogP contribution >= 0.6 is 15.9 Å². The van der Waals surface area contributed by atoms with Gasteiger partial charge in [-0.2, -0.15) is 0 Å². The van der Waals surface area contributed by atoms with Crippen molar-refractivity contribution in [2.75, 3.05) is 5.33 Å². The summed E-state index contributed by atoms with van der Waals surface area (Å²) in [5, 5.41) is 0.665. The number of halogens is 1. The van der Waals surface area contributed by atoms with Crippen molar-refractivity contribution in [3.05, 3.63) is 0 Å². The molecule has 0 heterocycles. The molecule has 48 valence electrons. The fourth-order valence-corrected chi connectivity index (χ4v) is 0.294. The van der Waals surface area contributed by atoms with Crippen LogP contribution < -0.4 is 0 Å². The Morgan fingerprint density at radius 1 is 1.75 bits per heavy atom. The van der Waals surface area contributed by atoms with Crippen molar-refractivity contribution in [2.45, 2.75) is 19.4 Å². The van der Waals surface area contributed by atoms with Gasteiger partial charge in [-0.3, -0.25) is 4.79 Å². The number of hydrogen-bond donors (Lipinski definition) is 0. The Hall–Kier alpha value is -0.0500. The van der Waals surface area contributed by atoms with Crippen LogP contribution in [0.2, 0.25) is 0 Å². The molecule has 0 radical (unpaired) electrons. The number of hydrogen-bond acceptors (Lipinski definition) is 2. The number of ether oxygens (including phenoxy) is 1. The molecule has 0 atom stereocenters. The lowest BCUT2D eigenvalue weighted by Gasteiger charge is -2.18. The highest BCUT2D eigenvalue weighted by molar-refractivity contribution is 9.09. The van der Waals surface area contributed by atoms with E-state index in [9.17, 15) is 4.79 Å². The average molecular weight is 181 g/mol. The van der Waals surface area contributed by atoms with E-state index in [4.69, 9.17) is 0 Å². The lowest BCUT2D eigenvalue weighted by atomic mass is 10.2. The van der Waals surface area contributed by atoms with E-state index in [0.717, 1.165) is 0 Å². The summed E-state index contributed by atoms with van der Waals surface area (Å²) in [5.41, 5.74) is -0.359. The molecule has 0 saturated carbocycles. The molecular weight excluding hydrogens is 172 g/mol. The standard InChI is InChI=1S/C5H9BrO2/c1-5(2,3-6)8-4-7/h4H,3H2,1-2H3. The quantitative estimate of drug-likeness (QED) is 0.485. The van der Waals surface area contributed by atoms with Crippen molar-refractivity contribution in [2.24, 2.45) is 0 Å². The van der Waals surface area contributed by atoms with Crippen LogP contribution in [0.25, 0.3) is 0 Å². The number of rotatable bonds is 3. The highest BCUT2D eigenvalue weighted by Crippen LogP contribution is 2.09. The molecule has 0 fully saturated rings. The van der Waals surface area contributed by atoms with E-state index in [0.29, 0.717) is 11.8 Å². The lowest BCUT2D eigenvalue weighted by Crippen LogP contribution is -2.25. The van der Waals surface area contributed by atoms with Gasteiger partial charge in [-0.25, -0.2) is 0 Å². The van der Waals surface area contributed by atoms with Crippen LogP contribution in [-0.2, 0) is 9.53 Å².